The van der Waals surface area contributed by atoms with E-state index in [9.17, 15) is 21.6 Å². The number of allylic oxidation sites excluding steroid dienone is 2. The van der Waals surface area contributed by atoms with E-state index in [0.717, 1.165) is 31.9 Å². The van der Waals surface area contributed by atoms with Crippen LogP contribution in [-0.4, -0.2) is 55.0 Å². The number of amides is 1. The summed E-state index contributed by atoms with van der Waals surface area (Å²) in [7, 11) is -6.86. The molecule has 35 heavy (non-hydrogen) atoms. The molecular weight excluding hydrogens is 490 g/mol. The number of H-pyrrole nitrogens is 1. The highest BCUT2D eigenvalue weighted by Gasteiger charge is 2.41. The zero-order valence-electron chi connectivity index (χ0n) is 19.7. The van der Waals surface area contributed by atoms with Gasteiger partial charge in [-0.2, -0.15) is 5.26 Å². The van der Waals surface area contributed by atoms with Crippen LogP contribution >= 0.6 is 0 Å². The molecule has 1 aromatic carbocycles. The van der Waals surface area contributed by atoms with E-state index < -0.39 is 31.9 Å². The van der Waals surface area contributed by atoms with Gasteiger partial charge in [0, 0.05) is 24.2 Å². The Balaban J connectivity index is 1.73. The molecule has 0 atom stereocenters. The average Bonchev–Trinajstić information content (AvgIpc) is 3.27. The standard InChI is InChI=1S/C23H27N5O5S2/c1-23(2)8-6-15(7-9-23)19-10-16(17-13-34(30,31)28(3)35(32,33)14-17)4-5-20(19)27-22(29)21-25-12-18(11-24)26-21/h4-6,10,12,17H,7-9,13-14H2,1-3H3,(H,25,26)(H,27,29). The monoisotopic (exact) mass is 517 g/mol. The molecule has 0 spiro atoms. The van der Waals surface area contributed by atoms with Crippen LogP contribution in [0.5, 0.6) is 0 Å². The van der Waals surface area contributed by atoms with Crippen molar-refractivity contribution in [3.8, 4) is 6.07 Å². The fraction of sp³-hybridized carbons (Fsp3) is 0.435. The van der Waals surface area contributed by atoms with Gasteiger partial charge in [-0.3, -0.25) is 4.79 Å². The van der Waals surface area contributed by atoms with Crippen molar-refractivity contribution in [2.75, 3.05) is 23.9 Å². The number of carbonyl (C=O) groups excluding carboxylic acids is 1. The normalized spacial score (nSPS) is 21.6. The summed E-state index contributed by atoms with van der Waals surface area (Å²) in [4.78, 5) is 19.3. The van der Waals surface area contributed by atoms with Gasteiger partial charge >= 0.3 is 0 Å². The highest BCUT2D eigenvalue weighted by Crippen LogP contribution is 2.41. The number of carbonyl (C=O) groups is 1. The molecule has 12 heteroatoms. The molecule has 10 nitrogen and oxygen atoms in total. The van der Waals surface area contributed by atoms with Gasteiger partial charge in [-0.15, -0.1) is 0 Å². The molecule has 2 aromatic rings. The van der Waals surface area contributed by atoms with E-state index in [1.165, 1.54) is 6.20 Å². The van der Waals surface area contributed by atoms with Gasteiger partial charge in [0.15, 0.2) is 5.82 Å². The van der Waals surface area contributed by atoms with Gasteiger partial charge in [0.2, 0.25) is 20.0 Å². The Morgan fingerprint density at radius 3 is 2.49 bits per heavy atom. The number of nitrogens with one attached hydrogen (secondary N) is 2. The molecule has 2 aliphatic rings. The molecule has 1 saturated heterocycles. The maximum absolute atomic E-state index is 12.8. The van der Waals surface area contributed by atoms with Crippen molar-refractivity contribution < 1.29 is 21.6 Å². The first-order valence-corrected chi connectivity index (χ1v) is 14.3. The Kier molecular flexibility index (Phi) is 6.37. The minimum Gasteiger partial charge on any atom is -0.326 e. The zero-order valence-corrected chi connectivity index (χ0v) is 21.3. The van der Waals surface area contributed by atoms with Crippen LogP contribution in [0.25, 0.3) is 5.57 Å². The second-order valence-electron chi connectivity index (χ2n) is 9.75. The van der Waals surface area contributed by atoms with Gasteiger partial charge in [0.05, 0.1) is 17.7 Å². The van der Waals surface area contributed by atoms with Crippen molar-refractivity contribution in [2.24, 2.45) is 5.41 Å². The molecule has 1 aliphatic heterocycles. The molecule has 0 unspecified atom stereocenters. The molecule has 1 aromatic heterocycles. The first kappa shape index (κ1) is 25.1. The largest absolute Gasteiger partial charge is 0.326 e. The number of hydrogen-bond acceptors (Lipinski definition) is 7. The molecule has 2 N–H and O–H groups in total. The number of benzene rings is 1. The zero-order chi connectivity index (χ0) is 25.6. The van der Waals surface area contributed by atoms with Crippen LogP contribution in [0.1, 0.15) is 66.5 Å². The maximum Gasteiger partial charge on any atom is 0.291 e. The first-order valence-electron chi connectivity index (χ1n) is 11.1. The predicted molar refractivity (Wildman–Crippen MR) is 131 cm³/mol. The minimum absolute atomic E-state index is 0.0113. The number of nitriles is 1. The van der Waals surface area contributed by atoms with E-state index in [-0.39, 0.29) is 28.4 Å². The fourth-order valence-corrected chi connectivity index (χ4v) is 8.27. The highest BCUT2D eigenvalue weighted by atomic mass is 32.3. The number of nitrogens with zero attached hydrogens (tertiary/aromatic N) is 3. The smallest absolute Gasteiger partial charge is 0.291 e. The first-order chi connectivity index (χ1) is 16.3. The number of aromatic amines is 1. The lowest BCUT2D eigenvalue weighted by molar-refractivity contribution is 0.101. The topological polar surface area (TPSA) is 153 Å². The number of anilines is 1. The van der Waals surface area contributed by atoms with Crippen LogP contribution in [0.15, 0.2) is 30.5 Å². The van der Waals surface area contributed by atoms with Crippen LogP contribution < -0.4 is 5.32 Å². The number of aromatic nitrogens is 2. The molecule has 0 saturated carbocycles. The minimum atomic E-state index is -3.96. The number of rotatable bonds is 4. The summed E-state index contributed by atoms with van der Waals surface area (Å²) in [6.07, 6.45) is 5.90. The summed E-state index contributed by atoms with van der Waals surface area (Å²) < 4.78 is 50.4. The molecule has 0 radical (unpaired) electrons. The third-order valence-corrected chi connectivity index (χ3v) is 11.2. The van der Waals surface area contributed by atoms with Gasteiger partial charge in [-0.05, 0) is 47.9 Å². The molecule has 0 bridgehead atoms. The Morgan fingerprint density at radius 1 is 1.23 bits per heavy atom. The fourth-order valence-electron chi connectivity index (χ4n) is 4.32. The van der Waals surface area contributed by atoms with Crippen LogP contribution in [0.4, 0.5) is 5.69 Å². The lowest BCUT2D eigenvalue weighted by atomic mass is 9.76. The highest BCUT2D eigenvalue weighted by molar-refractivity contribution is 8.04. The quantitative estimate of drug-likeness (QED) is 0.632. The second-order valence-corrected chi connectivity index (χ2v) is 14.1. The summed E-state index contributed by atoms with van der Waals surface area (Å²) in [5.41, 5.74) is 3.09. The molecule has 2 heterocycles. The van der Waals surface area contributed by atoms with Crippen LogP contribution in [0.3, 0.4) is 0 Å². The van der Waals surface area contributed by atoms with E-state index in [1.54, 1.807) is 18.2 Å². The maximum atomic E-state index is 12.8. The average molecular weight is 518 g/mol. The van der Waals surface area contributed by atoms with Crippen LogP contribution in [-0.2, 0) is 20.0 Å². The number of imidazole rings is 1. The van der Waals surface area contributed by atoms with Crippen LogP contribution in [0.2, 0.25) is 0 Å². The lowest BCUT2D eigenvalue weighted by Gasteiger charge is -2.31. The van der Waals surface area contributed by atoms with E-state index in [1.807, 2.05) is 6.07 Å². The van der Waals surface area contributed by atoms with Gasteiger partial charge in [-0.1, -0.05) is 29.7 Å². The molecule has 1 aliphatic carbocycles. The molecule has 186 valence electrons. The molecule has 4 rings (SSSR count). The Labute approximate surface area is 205 Å². The van der Waals surface area contributed by atoms with Crippen molar-refractivity contribution in [3.05, 3.63) is 53.1 Å². The van der Waals surface area contributed by atoms with E-state index >= 15 is 0 Å². The molecule has 1 amide bonds. The summed E-state index contributed by atoms with van der Waals surface area (Å²) in [6.45, 7) is 4.36. The van der Waals surface area contributed by atoms with Crippen molar-refractivity contribution in [1.29, 1.82) is 5.26 Å². The molecular formula is C23H27N5O5S2. The molecule has 1 fully saturated rings. The predicted octanol–water partition coefficient (Wildman–Crippen LogP) is 2.82. The lowest BCUT2D eigenvalue weighted by Crippen LogP contribution is -2.45. The van der Waals surface area contributed by atoms with E-state index in [0.29, 0.717) is 20.5 Å². The summed E-state index contributed by atoms with van der Waals surface area (Å²) in [5.74, 6) is -1.90. The van der Waals surface area contributed by atoms with E-state index in [2.05, 4.69) is 35.2 Å². The Hall–Kier alpha value is -3.01. The summed E-state index contributed by atoms with van der Waals surface area (Å²) in [5, 5.41) is 11.8. The van der Waals surface area contributed by atoms with Gasteiger partial charge in [0.25, 0.3) is 5.91 Å². The van der Waals surface area contributed by atoms with Crippen LogP contribution in [0, 0.1) is 16.7 Å². The van der Waals surface area contributed by atoms with Gasteiger partial charge in [-0.25, -0.2) is 21.8 Å². The third-order valence-electron chi connectivity index (χ3n) is 6.60. The SMILES string of the molecule is CN1S(=O)(=O)CC(c2ccc(NC(=O)c3ncc(C#N)[nH]3)c(C3=CCC(C)(C)CC3)c2)CS1(=O)=O. The summed E-state index contributed by atoms with van der Waals surface area (Å²) in [6, 6.07) is 6.98. The van der Waals surface area contributed by atoms with Crippen molar-refractivity contribution in [2.45, 2.75) is 39.0 Å². The Bertz CT molecular complexity index is 1430. The van der Waals surface area contributed by atoms with Crippen molar-refractivity contribution >= 4 is 37.2 Å². The van der Waals surface area contributed by atoms with Crippen molar-refractivity contribution in [1.82, 2.24) is 13.7 Å². The van der Waals surface area contributed by atoms with Gasteiger partial charge < -0.3 is 10.3 Å². The number of sulfonamides is 2. The van der Waals surface area contributed by atoms with E-state index in [4.69, 9.17) is 5.26 Å². The Morgan fingerprint density at radius 2 is 1.91 bits per heavy atom. The van der Waals surface area contributed by atoms with Crippen molar-refractivity contribution in [3.63, 3.8) is 0 Å². The third kappa shape index (κ3) is 5.17. The number of hydrogen-bond donors (Lipinski definition) is 2. The summed E-state index contributed by atoms with van der Waals surface area (Å²) >= 11 is 0. The van der Waals surface area contributed by atoms with Gasteiger partial charge in [0.1, 0.15) is 11.8 Å². The second kappa shape index (κ2) is 8.89.